The third-order valence-electron chi connectivity index (χ3n) is 7.88. The molecule has 8 nitrogen and oxygen atoms in total. The lowest BCUT2D eigenvalue weighted by atomic mass is 10.0. The van der Waals surface area contributed by atoms with E-state index in [0.717, 1.165) is 18.2 Å². The zero-order chi connectivity index (χ0) is 34.7. The zero-order valence-electron chi connectivity index (χ0n) is 25.1. The van der Waals surface area contributed by atoms with E-state index in [9.17, 15) is 37.1 Å². The summed E-state index contributed by atoms with van der Waals surface area (Å²) in [4.78, 5) is 36.3. The topological polar surface area (TPSA) is 117 Å². The molecule has 0 aliphatic heterocycles. The summed E-state index contributed by atoms with van der Waals surface area (Å²) in [5.41, 5.74) is 2.62. The van der Waals surface area contributed by atoms with Gasteiger partial charge in [0.2, 0.25) is 0 Å². The Morgan fingerprint density at radius 1 is 0.700 bits per heavy atom. The number of amides is 3. The summed E-state index contributed by atoms with van der Waals surface area (Å²) >= 11 is 11.4. The highest BCUT2D eigenvalue weighted by Gasteiger charge is 2.33. The molecule has 0 bridgehead atoms. The fourth-order valence-corrected chi connectivity index (χ4v) is 6.00. The number of anilines is 2. The number of hydrogen-bond donors (Lipinski definition) is 4. The minimum absolute atomic E-state index is 0. The lowest BCUT2D eigenvalue weighted by molar-refractivity contribution is 0.0982. The Labute approximate surface area is 296 Å². The van der Waals surface area contributed by atoms with E-state index >= 15 is 0 Å². The number of carbonyl (C=O) groups excluding carboxylic acids is 3. The molecular formula is C36H35Cl2F4N3O5. The highest BCUT2D eigenvalue weighted by molar-refractivity contribution is 6.31. The second-order valence-electron chi connectivity index (χ2n) is 10.9. The molecule has 0 aromatic heterocycles. The molecule has 2 atom stereocenters. The highest BCUT2D eigenvalue weighted by atomic mass is 35.5. The van der Waals surface area contributed by atoms with Gasteiger partial charge in [0.1, 0.15) is 29.4 Å². The third-order valence-corrected chi connectivity index (χ3v) is 8.46. The number of benzene rings is 4. The summed E-state index contributed by atoms with van der Waals surface area (Å²) in [6.45, 7) is 0. The minimum Gasteiger partial charge on any atom is -0.441 e. The predicted octanol–water partition coefficient (Wildman–Crippen LogP) is 9.34. The molecule has 6 rings (SSSR count). The van der Waals surface area contributed by atoms with Gasteiger partial charge < -0.3 is 25.8 Å². The van der Waals surface area contributed by atoms with Gasteiger partial charge in [0, 0.05) is 40.7 Å². The van der Waals surface area contributed by atoms with Crippen LogP contribution in [0, 0.1) is 23.3 Å². The second kappa shape index (κ2) is 16.8. The largest absolute Gasteiger partial charge is 0.441 e. The maximum atomic E-state index is 14.3. The first kappa shape index (κ1) is 39.8. The van der Waals surface area contributed by atoms with Gasteiger partial charge in [-0.15, -0.1) is 0 Å². The van der Waals surface area contributed by atoms with Crippen LogP contribution in [0.4, 0.5) is 33.7 Å². The summed E-state index contributed by atoms with van der Waals surface area (Å²) in [5.74, 6) is -3.15. The van der Waals surface area contributed by atoms with Crippen molar-refractivity contribution < 1.29 is 41.8 Å². The first-order valence-electron chi connectivity index (χ1n) is 14.6. The quantitative estimate of drug-likeness (QED) is 0.153. The summed E-state index contributed by atoms with van der Waals surface area (Å²) in [7, 11) is 1.41. The van der Waals surface area contributed by atoms with Gasteiger partial charge in [0.25, 0.3) is 11.8 Å². The fourth-order valence-electron chi connectivity index (χ4n) is 5.64. The number of nitrogens with one attached hydrogen (secondary N) is 3. The van der Waals surface area contributed by atoms with Crippen molar-refractivity contribution in [3.63, 3.8) is 0 Å². The SMILES string of the molecule is C.C.CNC(=O)O[C@H]1CCc2c(C(=O)Nc3ccc(F)c(Cl)c3)ccc(F)c21.O=C(Nc1ccc(F)c(Cl)c1)c1ccc(F)c2c1CC[C@@H]2O. The molecule has 0 spiro atoms. The van der Waals surface area contributed by atoms with Crippen LogP contribution in [0.15, 0.2) is 60.7 Å². The molecule has 0 radical (unpaired) electrons. The number of carbonyl (C=O) groups is 3. The Bertz CT molecular complexity index is 1930. The summed E-state index contributed by atoms with van der Waals surface area (Å²) in [5, 5.41) is 17.1. The molecule has 0 fully saturated rings. The lowest BCUT2D eigenvalue weighted by Crippen LogP contribution is -2.21. The van der Waals surface area contributed by atoms with Crippen LogP contribution in [0.5, 0.6) is 0 Å². The number of alkyl carbamates (subject to hydrolysis) is 1. The molecule has 2 aliphatic carbocycles. The number of aliphatic hydroxyl groups is 1. The van der Waals surface area contributed by atoms with Crippen LogP contribution in [-0.2, 0) is 17.6 Å². The van der Waals surface area contributed by atoms with Gasteiger partial charge in [-0.3, -0.25) is 9.59 Å². The molecule has 50 heavy (non-hydrogen) atoms. The molecule has 4 aromatic carbocycles. The lowest BCUT2D eigenvalue weighted by Gasteiger charge is -2.15. The molecular weight excluding hydrogens is 701 g/mol. The monoisotopic (exact) mass is 735 g/mol. The van der Waals surface area contributed by atoms with Crippen molar-refractivity contribution in [2.45, 2.75) is 52.7 Å². The van der Waals surface area contributed by atoms with Crippen LogP contribution in [0.2, 0.25) is 10.0 Å². The first-order chi connectivity index (χ1) is 22.9. The summed E-state index contributed by atoms with van der Waals surface area (Å²) < 4.78 is 59.5. The van der Waals surface area contributed by atoms with Crippen LogP contribution >= 0.6 is 23.2 Å². The van der Waals surface area contributed by atoms with Crippen LogP contribution in [0.25, 0.3) is 0 Å². The molecule has 3 amide bonds. The number of fused-ring (bicyclic) bond motifs is 2. The van der Waals surface area contributed by atoms with E-state index in [1.54, 1.807) is 0 Å². The normalized spacial score (nSPS) is 15.2. The number of ether oxygens (including phenoxy) is 1. The van der Waals surface area contributed by atoms with Crippen LogP contribution < -0.4 is 16.0 Å². The van der Waals surface area contributed by atoms with Crippen molar-refractivity contribution in [3.05, 3.63) is 127 Å². The maximum Gasteiger partial charge on any atom is 0.407 e. The van der Waals surface area contributed by atoms with E-state index in [2.05, 4.69) is 16.0 Å². The Hall–Kier alpha value is -4.65. The average molecular weight is 737 g/mol. The number of halogens is 6. The molecule has 0 saturated heterocycles. The Balaban J connectivity index is 0.000000263. The molecule has 4 N–H and O–H groups in total. The molecule has 0 saturated carbocycles. The smallest absolute Gasteiger partial charge is 0.407 e. The van der Waals surface area contributed by atoms with Gasteiger partial charge in [-0.1, -0.05) is 38.1 Å². The Morgan fingerprint density at radius 2 is 1.14 bits per heavy atom. The van der Waals surface area contributed by atoms with Gasteiger partial charge in [0.05, 0.1) is 16.1 Å². The van der Waals surface area contributed by atoms with E-state index in [0.29, 0.717) is 53.7 Å². The van der Waals surface area contributed by atoms with E-state index in [1.807, 2.05) is 0 Å². The van der Waals surface area contributed by atoms with E-state index in [4.69, 9.17) is 27.9 Å². The Morgan fingerprint density at radius 3 is 1.62 bits per heavy atom. The summed E-state index contributed by atoms with van der Waals surface area (Å²) in [6, 6.07) is 12.7. The molecule has 266 valence electrons. The first-order valence-corrected chi connectivity index (χ1v) is 15.3. The van der Waals surface area contributed by atoms with Crippen molar-refractivity contribution in [1.29, 1.82) is 0 Å². The van der Waals surface area contributed by atoms with Crippen molar-refractivity contribution in [1.82, 2.24) is 5.32 Å². The third kappa shape index (κ3) is 8.55. The number of rotatable bonds is 5. The van der Waals surface area contributed by atoms with E-state index in [1.165, 1.54) is 49.5 Å². The average Bonchev–Trinajstić information content (AvgIpc) is 3.66. The van der Waals surface area contributed by atoms with Crippen LogP contribution in [0.3, 0.4) is 0 Å². The van der Waals surface area contributed by atoms with Crippen molar-refractivity contribution in [3.8, 4) is 0 Å². The van der Waals surface area contributed by atoms with Crippen molar-refractivity contribution >= 4 is 52.5 Å². The zero-order valence-corrected chi connectivity index (χ0v) is 26.6. The van der Waals surface area contributed by atoms with Crippen molar-refractivity contribution in [2.24, 2.45) is 0 Å². The predicted molar refractivity (Wildman–Crippen MR) is 185 cm³/mol. The van der Waals surface area contributed by atoms with Gasteiger partial charge in [-0.25, -0.2) is 22.4 Å². The van der Waals surface area contributed by atoms with Gasteiger partial charge >= 0.3 is 6.09 Å². The Kier molecular flexibility index (Phi) is 13.4. The minimum atomic E-state index is -0.886. The van der Waals surface area contributed by atoms with Gasteiger partial charge in [-0.2, -0.15) is 0 Å². The number of hydrogen-bond acceptors (Lipinski definition) is 5. The summed E-state index contributed by atoms with van der Waals surface area (Å²) in [6.07, 6.45) is -0.715. The van der Waals surface area contributed by atoms with E-state index in [-0.39, 0.29) is 41.6 Å². The van der Waals surface area contributed by atoms with E-state index < -0.39 is 53.4 Å². The van der Waals surface area contributed by atoms with Gasteiger partial charge in [-0.05, 0) is 97.5 Å². The van der Waals surface area contributed by atoms with Crippen molar-refractivity contribution in [2.75, 3.05) is 17.7 Å². The van der Waals surface area contributed by atoms with Gasteiger partial charge in [0.15, 0.2) is 0 Å². The standard InChI is InChI=1S/C18H15ClF2N2O3.C16H12ClF2NO2.2CH4/c1-22-18(25)26-15-7-4-10-11(3-6-14(21)16(10)15)17(24)23-9-2-5-13(20)12(19)8-9;17-11-7-8(1-4-12(11)18)20-16(22)10-2-5-13(19)15-9(10)3-6-14(15)21;;/h2-3,5-6,8,15H,4,7H2,1H3,(H,22,25)(H,23,24);1-2,4-5,7,14,21H,3,6H2,(H,20,22);2*1H4/t15-;14-;;/m00../s1. The highest BCUT2D eigenvalue weighted by Crippen LogP contribution is 2.38. The molecule has 4 aromatic rings. The van der Waals surface area contributed by atoms with Crippen LogP contribution in [0.1, 0.15) is 82.9 Å². The molecule has 0 unspecified atom stereocenters. The fraction of sp³-hybridized carbons (Fsp3) is 0.250. The maximum absolute atomic E-state index is 14.3. The van der Waals surface area contributed by atoms with Crippen LogP contribution in [-0.4, -0.2) is 30.1 Å². The molecule has 2 aliphatic rings. The molecule has 0 heterocycles. The second-order valence-corrected chi connectivity index (χ2v) is 11.7. The number of aliphatic hydroxyl groups excluding tert-OH is 1. The molecule has 14 heteroatoms.